The van der Waals surface area contributed by atoms with Gasteiger partial charge in [0.25, 0.3) is 17.5 Å². The van der Waals surface area contributed by atoms with Crippen LogP contribution in [-0.2, 0) is 16.2 Å². The normalized spacial score (nSPS) is 14.5. The number of carboxylic acids is 1. The van der Waals surface area contributed by atoms with E-state index in [1.165, 1.54) is 36.4 Å². The van der Waals surface area contributed by atoms with E-state index in [0.717, 1.165) is 17.7 Å². The highest BCUT2D eigenvalue weighted by Gasteiger charge is 2.37. The molecule has 4 amide bonds. The number of imide groups is 2. The molecule has 0 aromatic heterocycles. The number of nitrogens with one attached hydrogen (secondary N) is 1. The molecule has 11 nitrogen and oxygen atoms in total. The number of urea groups is 1. The topological polar surface area (TPSA) is 156 Å². The average molecular weight is 487 g/mol. The molecule has 0 spiro atoms. The number of non-ortho nitro benzene ring substituents is 1. The number of hydrogen-bond donors (Lipinski definition) is 2. The number of carbonyl (C=O) groups excluding carboxylic acids is 3. The third-order valence-electron chi connectivity index (χ3n) is 5.18. The van der Waals surface area contributed by atoms with Crippen molar-refractivity contribution in [1.29, 1.82) is 0 Å². The monoisotopic (exact) mass is 487 g/mol. The number of aromatic carboxylic acids is 1. The molecule has 0 bridgehead atoms. The number of barbiturate groups is 1. The molecule has 2 N–H and O–H groups in total. The lowest BCUT2D eigenvalue weighted by molar-refractivity contribution is -0.384. The largest absolute Gasteiger partial charge is 0.488 e. The minimum atomic E-state index is -1.29. The van der Waals surface area contributed by atoms with Gasteiger partial charge in [-0.25, -0.2) is 14.5 Å². The molecule has 0 aliphatic carbocycles. The summed E-state index contributed by atoms with van der Waals surface area (Å²) < 4.78 is 5.64. The highest BCUT2D eigenvalue weighted by Crippen LogP contribution is 2.27. The van der Waals surface area contributed by atoms with Gasteiger partial charge in [-0.05, 0) is 35.4 Å². The number of anilines is 1. The zero-order chi connectivity index (χ0) is 25.8. The lowest BCUT2D eigenvalue weighted by Crippen LogP contribution is -2.54. The summed E-state index contributed by atoms with van der Waals surface area (Å²) in [6, 6.07) is 16.9. The smallest absolute Gasteiger partial charge is 0.339 e. The molecule has 0 unspecified atom stereocenters. The van der Waals surface area contributed by atoms with Crippen molar-refractivity contribution >= 4 is 41.3 Å². The van der Waals surface area contributed by atoms with Crippen molar-refractivity contribution in [3.63, 3.8) is 0 Å². The van der Waals surface area contributed by atoms with Crippen LogP contribution in [0, 0.1) is 10.1 Å². The molecule has 0 atom stereocenters. The first kappa shape index (κ1) is 23.8. The fraction of sp³-hybridized carbons (Fsp3) is 0.0400. The first-order valence-corrected chi connectivity index (χ1v) is 10.4. The van der Waals surface area contributed by atoms with E-state index in [0.29, 0.717) is 4.90 Å². The van der Waals surface area contributed by atoms with Crippen molar-refractivity contribution in [1.82, 2.24) is 5.32 Å². The Labute approximate surface area is 203 Å². The van der Waals surface area contributed by atoms with Gasteiger partial charge in [0.15, 0.2) is 0 Å². The van der Waals surface area contributed by atoms with E-state index < -0.39 is 34.3 Å². The van der Waals surface area contributed by atoms with Crippen LogP contribution in [0.4, 0.5) is 16.2 Å². The molecule has 0 saturated carbocycles. The maximum atomic E-state index is 13.0. The van der Waals surface area contributed by atoms with Crippen LogP contribution in [0.2, 0.25) is 0 Å². The molecule has 3 aromatic rings. The fourth-order valence-electron chi connectivity index (χ4n) is 3.47. The van der Waals surface area contributed by atoms with Crippen LogP contribution in [0.15, 0.2) is 78.4 Å². The van der Waals surface area contributed by atoms with Gasteiger partial charge in [-0.3, -0.25) is 25.0 Å². The Morgan fingerprint density at radius 2 is 1.78 bits per heavy atom. The Morgan fingerprint density at radius 3 is 2.47 bits per heavy atom. The van der Waals surface area contributed by atoms with E-state index in [2.05, 4.69) is 0 Å². The van der Waals surface area contributed by atoms with Crippen LogP contribution < -0.4 is 15.0 Å². The minimum Gasteiger partial charge on any atom is -0.488 e. The molecule has 1 aliphatic heterocycles. The van der Waals surface area contributed by atoms with Gasteiger partial charge in [-0.15, -0.1) is 0 Å². The number of nitrogens with zero attached hydrogens (tertiary/aromatic N) is 2. The van der Waals surface area contributed by atoms with Crippen molar-refractivity contribution in [2.24, 2.45) is 0 Å². The van der Waals surface area contributed by atoms with Crippen molar-refractivity contribution in [2.75, 3.05) is 4.90 Å². The second-order valence-corrected chi connectivity index (χ2v) is 7.57. The Bertz CT molecular complexity index is 1430. The van der Waals surface area contributed by atoms with Gasteiger partial charge in [0.1, 0.15) is 23.5 Å². The lowest BCUT2D eigenvalue weighted by atomic mass is 10.0. The molecule has 1 aliphatic rings. The lowest BCUT2D eigenvalue weighted by Gasteiger charge is -2.26. The highest BCUT2D eigenvalue weighted by atomic mass is 16.6. The summed E-state index contributed by atoms with van der Waals surface area (Å²) >= 11 is 0. The van der Waals surface area contributed by atoms with Crippen LogP contribution >= 0.6 is 0 Å². The number of nitro benzene ring substituents is 1. The molecule has 1 heterocycles. The summed E-state index contributed by atoms with van der Waals surface area (Å²) in [5, 5.41) is 22.7. The van der Waals surface area contributed by atoms with Gasteiger partial charge in [-0.2, -0.15) is 0 Å². The number of ether oxygens (including phenoxy) is 1. The first-order valence-electron chi connectivity index (χ1n) is 10.4. The Kier molecular flexibility index (Phi) is 6.55. The van der Waals surface area contributed by atoms with Crippen molar-refractivity contribution in [3.8, 4) is 5.75 Å². The van der Waals surface area contributed by atoms with Crippen molar-refractivity contribution in [3.05, 3.63) is 105 Å². The fourth-order valence-corrected chi connectivity index (χ4v) is 3.47. The third-order valence-corrected chi connectivity index (χ3v) is 5.18. The predicted molar refractivity (Wildman–Crippen MR) is 126 cm³/mol. The predicted octanol–water partition coefficient (Wildman–Crippen LogP) is 3.54. The van der Waals surface area contributed by atoms with Crippen molar-refractivity contribution in [2.45, 2.75) is 6.61 Å². The maximum absolute atomic E-state index is 13.0. The van der Waals surface area contributed by atoms with Crippen LogP contribution in [0.3, 0.4) is 0 Å². The Morgan fingerprint density at radius 1 is 1.03 bits per heavy atom. The molecular weight excluding hydrogens is 470 g/mol. The number of hydrogen-bond acceptors (Lipinski definition) is 7. The van der Waals surface area contributed by atoms with E-state index in [9.17, 15) is 34.4 Å². The molecule has 11 heteroatoms. The Hall–Kier alpha value is -5.32. The molecule has 180 valence electrons. The minimum absolute atomic E-state index is 0.0846. The first-order chi connectivity index (χ1) is 17.2. The van der Waals surface area contributed by atoms with E-state index in [-0.39, 0.29) is 34.9 Å². The molecule has 1 saturated heterocycles. The van der Waals surface area contributed by atoms with Gasteiger partial charge in [0.2, 0.25) is 0 Å². The maximum Gasteiger partial charge on any atom is 0.339 e. The molecular formula is C25H17N3O8. The average Bonchev–Trinajstić information content (AvgIpc) is 2.86. The van der Waals surface area contributed by atoms with Gasteiger partial charge < -0.3 is 9.84 Å². The molecule has 3 aromatic carbocycles. The van der Waals surface area contributed by atoms with Crippen LogP contribution in [-0.4, -0.2) is 33.8 Å². The van der Waals surface area contributed by atoms with Gasteiger partial charge in [0, 0.05) is 12.1 Å². The Balaban J connectivity index is 1.65. The molecule has 0 radical (unpaired) electrons. The third kappa shape index (κ3) is 4.94. The van der Waals surface area contributed by atoms with Crippen molar-refractivity contribution < 1.29 is 33.9 Å². The molecule has 36 heavy (non-hydrogen) atoms. The standard InChI is InChI=1S/C25H17N3O8/c29-22-20(23(30)27(25(33)26-22)17-7-4-8-18(13-17)28(34)35)12-16-9-10-21(19(11-16)24(31)32)36-14-15-5-2-1-3-6-15/h1-13H,14H2,(H,31,32)(H,26,29,33)/b20-12-. The second-order valence-electron chi connectivity index (χ2n) is 7.57. The second kappa shape index (κ2) is 9.89. The summed E-state index contributed by atoms with van der Waals surface area (Å²) in [6.45, 7) is 0.128. The van der Waals surface area contributed by atoms with E-state index in [1.807, 2.05) is 35.6 Å². The number of nitro groups is 1. The van der Waals surface area contributed by atoms with Crippen LogP contribution in [0.1, 0.15) is 21.5 Å². The van der Waals surface area contributed by atoms with Gasteiger partial charge >= 0.3 is 12.0 Å². The highest BCUT2D eigenvalue weighted by molar-refractivity contribution is 6.39. The summed E-state index contributed by atoms with van der Waals surface area (Å²) in [5.41, 5.74) is -0.110. The molecule has 1 fully saturated rings. The zero-order valence-corrected chi connectivity index (χ0v) is 18.4. The number of amides is 4. The summed E-state index contributed by atoms with van der Waals surface area (Å²) in [5.74, 6) is -3.22. The number of rotatable bonds is 7. The number of benzene rings is 3. The van der Waals surface area contributed by atoms with Crippen LogP contribution in [0.5, 0.6) is 5.75 Å². The summed E-state index contributed by atoms with van der Waals surface area (Å²) in [7, 11) is 0. The zero-order valence-electron chi connectivity index (χ0n) is 18.4. The quantitative estimate of drug-likeness (QED) is 0.222. The van der Waals surface area contributed by atoms with E-state index >= 15 is 0 Å². The number of carbonyl (C=O) groups is 4. The summed E-state index contributed by atoms with van der Waals surface area (Å²) in [4.78, 5) is 60.6. The SMILES string of the molecule is O=C1NC(=O)N(c2cccc([N+](=O)[O-])c2)C(=O)/C1=C\c1ccc(OCc2ccccc2)c(C(=O)O)c1. The van der Waals surface area contributed by atoms with Gasteiger partial charge in [0.05, 0.1) is 10.6 Å². The number of carboxylic acid groups (broad SMARTS) is 1. The summed E-state index contributed by atoms with van der Waals surface area (Å²) in [6.07, 6.45) is 1.13. The van der Waals surface area contributed by atoms with Gasteiger partial charge in [-0.1, -0.05) is 42.5 Å². The molecule has 4 rings (SSSR count). The van der Waals surface area contributed by atoms with E-state index in [1.54, 1.807) is 0 Å². The van der Waals surface area contributed by atoms with Crippen LogP contribution in [0.25, 0.3) is 6.08 Å². The van der Waals surface area contributed by atoms with E-state index in [4.69, 9.17) is 4.74 Å².